The maximum absolute atomic E-state index is 5.44. The summed E-state index contributed by atoms with van der Waals surface area (Å²) in [5.41, 5.74) is 5.44. The van der Waals surface area contributed by atoms with Crippen LogP contribution in [0.3, 0.4) is 0 Å². The predicted molar refractivity (Wildman–Crippen MR) is 51.0 cm³/mol. The fourth-order valence-corrected chi connectivity index (χ4v) is 2.41. The SMILES string of the molecule is C=CCP(CC=C)CCN. The first-order valence-electron chi connectivity index (χ1n) is 3.49. The molecular weight excluding hydrogens is 141 g/mol. The van der Waals surface area contributed by atoms with E-state index in [0.29, 0.717) is 0 Å². The van der Waals surface area contributed by atoms with E-state index in [-0.39, 0.29) is 7.92 Å². The van der Waals surface area contributed by atoms with Crippen molar-refractivity contribution in [1.29, 1.82) is 0 Å². The first kappa shape index (κ1) is 9.87. The second-order valence-corrected chi connectivity index (χ2v) is 4.64. The van der Waals surface area contributed by atoms with Crippen LogP contribution >= 0.6 is 7.92 Å². The van der Waals surface area contributed by atoms with Gasteiger partial charge >= 0.3 is 0 Å². The summed E-state index contributed by atoms with van der Waals surface area (Å²) in [5, 5.41) is 0. The molecule has 0 aromatic rings. The van der Waals surface area contributed by atoms with Gasteiger partial charge in [-0.2, -0.15) is 0 Å². The second-order valence-electron chi connectivity index (χ2n) is 2.13. The minimum absolute atomic E-state index is 0.0779. The molecule has 0 fully saturated rings. The smallest absolute Gasteiger partial charge is 0.00376 e. The highest BCUT2D eigenvalue weighted by Crippen LogP contribution is 2.33. The third-order valence-corrected chi connectivity index (χ3v) is 3.66. The standard InChI is InChI=1S/C8H16NP/c1-3-6-10(7-4-2)8-5-9/h3-4H,1-2,5-9H2. The summed E-state index contributed by atoms with van der Waals surface area (Å²) < 4.78 is 0. The number of hydrogen-bond donors (Lipinski definition) is 1. The Morgan fingerprint density at radius 2 is 1.70 bits per heavy atom. The second kappa shape index (κ2) is 6.98. The summed E-state index contributed by atoms with van der Waals surface area (Å²) in [6.07, 6.45) is 7.35. The normalized spacial score (nSPS) is 9.80. The van der Waals surface area contributed by atoms with Gasteiger partial charge in [-0.3, -0.25) is 0 Å². The lowest BCUT2D eigenvalue weighted by Crippen LogP contribution is -2.05. The van der Waals surface area contributed by atoms with E-state index in [1.54, 1.807) is 0 Å². The van der Waals surface area contributed by atoms with Crippen molar-refractivity contribution in [3.8, 4) is 0 Å². The van der Waals surface area contributed by atoms with Gasteiger partial charge in [0.2, 0.25) is 0 Å². The molecule has 0 amide bonds. The zero-order valence-corrected chi connectivity index (χ0v) is 7.32. The Hall–Kier alpha value is -0.130. The van der Waals surface area contributed by atoms with Crippen LogP contribution < -0.4 is 5.73 Å². The number of nitrogens with two attached hydrogens (primary N) is 1. The number of rotatable bonds is 6. The maximum atomic E-state index is 5.44. The van der Waals surface area contributed by atoms with E-state index in [1.165, 1.54) is 0 Å². The first-order valence-corrected chi connectivity index (χ1v) is 5.39. The average Bonchev–Trinajstić information content (AvgIpc) is 1.90. The van der Waals surface area contributed by atoms with Crippen molar-refractivity contribution >= 4 is 7.92 Å². The molecule has 0 saturated heterocycles. The molecule has 2 N–H and O–H groups in total. The van der Waals surface area contributed by atoms with Gasteiger partial charge in [-0.05, 0) is 25.0 Å². The van der Waals surface area contributed by atoms with Gasteiger partial charge in [-0.15, -0.1) is 13.2 Å². The summed E-state index contributed by atoms with van der Waals surface area (Å²) in [5.74, 6) is 0. The Kier molecular flexibility index (Phi) is 6.89. The lowest BCUT2D eigenvalue weighted by Gasteiger charge is -2.10. The summed E-state index contributed by atoms with van der Waals surface area (Å²) >= 11 is 0. The van der Waals surface area contributed by atoms with Gasteiger partial charge < -0.3 is 5.73 Å². The monoisotopic (exact) mass is 157 g/mol. The highest BCUT2D eigenvalue weighted by atomic mass is 31.1. The molecule has 58 valence electrons. The molecule has 1 nitrogen and oxygen atoms in total. The van der Waals surface area contributed by atoms with E-state index >= 15 is 0 Å². The van der Waals surface area contributed by atoms with Crippen LogP contribution in [0.2, 0.25) is 0 Å². The first-order chi connectivity index (χ1) is 4.85. The van der Waals surface area contributed by atoms with Gasteiger partial charge in [-0.1, -0.05) is 20.1 Å². The van der Waals surface area contributed by atoms with E-state index in [9.17, 15) is 0 Å². The molecule has 0 aromatic heterocycles. The van der Waals surface area contributed by atoms with Crippen molar-refractivity contribution in [2.24, 2.45) is 5.73 Å². The number of hydrogen-bond acceptors (Lipinski definition) is 1. The van der Waals surface area contributed by atoms with Crippen molar-refractivity contribution in [3.05, 3.63) is 25.3 Å². The van der Waals surface area contributed by atoms with Gasteiger partial charge in [0, 0.05) is 0 Å². The fraction of sp³-hybridized carbons (Fsp3) is 0.500. The van der Waals surface area contributed by atoms with Crippen LogP contribution in [-0.4, -0.2) is 25.0 Å². The molecular formula is C8H16NP. The van der Waals surface area contributed by atoms with Crippen LogP contribution in [0.1, 0.15) is 0 Å². The summed E-state index contributed by atoms with van der Waals surface area (Å²) in [7, 11) is 0.0779. The molecule has 0 aliphatic rings. The minimum atomic E-state index is 0.0779. The Labute approximate surface area is 64.8 Å². The van der Waals surface area contributed by atoms with E-state index in [0.717, 1.165) is 25.0 Å². The van der Waals surface area contributed by atoms with E-state index in [4.69, 9.17) is 5.73 Å². The molecule has 0 unspecified atom stereocenters. The largest absolute Gasteiger partial charge is 0.330 e. The fourth-order valence-electron chi connectivity index (χ4n) is 0.805. The average molecular weight is 157 g/mol. The van der Waals surface area contributed by atoms with Crippen LogP contribution in [0.5, 0.6) is 0 Å². The van der Waals surface area contributed by atoms with Crippen LogP contribution in [0, 0.1) is 0 Å². The molecule has 10 heavy (non-hydrogen) atoms. The molecule has 0 aliphatic heterocycles. The van der Waals surface area contributed by atoms with E-state index in [2.05, 4.69) is 13.2 Å². The Morgan fingerprint density at radius 1 is 1.20 bits per heavy atom. The van der Waals surface area contributed by atoms with Crippen LogP contribution in [0.15, 0.2) is 25.3 Å². The summed E-state index contributed by atoms with van der Waals surface area (Å²) in [6.45, 7) is 8.21. The van der Waals surface area contributed by atoms with Crippen LogP contribution in [0.4, 0.5) is 0 Å². The van der Waals surface area contributed by atoms with Gasteiger partial charge in [0.05, 0.1) is 0 Å². The predicted octanol–water partition coefficient (Wildman–Crippen LogP) is 1.80. The van der Waals surface area contributed by atoms with Crippen LogP contribution in [-0.2, 0) is 0 Å². The highest BCUT2D eigenvalue weighted by molar-refractivity contribution is 7.58. The maximum Gasteiger partial charge on any atom is -0.00376 e. The van der Waals surface area contributed by atoms with E-state index in [1.807, 2.05) is 12.2 Å². The number of allylic oxidation sites excluding steroid dienone is 2. The third-order valence-electron chi connectivity index (χ3n) is 1.22. The van der Waals surface area contributed by atoms with Crippen molar-refractivity contribution in [2.45, 2.75) is 0 Å². The lowest BCUT2D eigenvalue weighted by atomic mass is 10.7. The molecule has 0 heterocycles. The molecule has 0 spiro atoms. The molecule has 0 radical (unpaired) electrons. The van der Waals surface area contributed by atoms with Crippen molar-refractivity contribution < 1.29 is 0 Å². The Balaban J connectivity index is 3.48. The molecule has 0 atom stereocenters. The van der Waals surface area contributed by atoms with Crippen LogP contribution in [0.25, 0.3) is 0 Å². The highest BCUT2D eigenvalue weighted by Gasteiger charge is 2.00. The van der Waals surface area contributed by atoms with Gasteiger partial charge in [0.25, 0.3) is 0 Å². The molecule has 0 rings (SSSR count). The van der Waals surface area contributed by atoms with Crippen molar-refractivity contribution in [1.82, 2.24) is 0 Å². The summed E-state index contributed by atoms with van der Waals surface area (Å²) in [4.78, 5) is 0. The minimum Gasteiger partial charge on any atom is -0.330 e. The quantitative estimate of drug-likeness (QED) is 0.461. The van der Waals surface area contributed by atoms with E-state index < -0.39 is 0 Å². The zero-order valence-electron chi connectivity index (χ0n) is 6.42. The van der Waals surface area contributed by atoms with Gasteiger partial charge in [0.15, 0.2) is 0 Å². The molecule has 0 aliphatic carbocycles. The molecule has 0 aromatic carbocycles. The van der Waals surface area contributed by atoms with Crippen molar-refractivity contribution in [2.75, 3.05) is 25.0 Å². The Morgan fingerprint density at radius 3 is 2.00 bits per heavy atom. The van der Waals surface area contributed by atoms with Crippen molar-refractivity contribution in [3.63, 3.8) is 0 Å². The lowest BCUT2D eigenvalue weighted by molar-refractivity contribution is 1.14. The Bertz CT molecular complexity index is 91.4. The third kappa shape index (κ3) is 4.72. The van der Waals surface area contributed by atoms with Gasteiger partial charge in [0.1, 0.15) is 0 Å². The zero-order chi connectivity index (χ0) is 7.82. The molecule has 2 heteroatoms. The molecule has 0 bridgehead atoms. The molecule has 0 saturated carbocycles. The topological polar surface area (TPSA) is 26.0 Å². The summed E-state index contributed by atoms with van der Waals surface area (Å²) in [6, 6.07) is 0. The van der Waals surface area contributed by atoms with Gasteiger partial charge in [-0.25, -0.2) is 0 Å².